The van der Waals surface area contributed by atoms with Gasteiger partial charge in [-0.3, -0.25) is 9.48 Å². The molecule has 6 heteroatoms. The number of rotatable bonds is 1. The van der Waals surface area contributed by atoms with Crippen molar-refractivity contribution in [2.24, 2.45) is 7.05 Å². The Bertz CT molecular complexity index is 718. The maximum atomic E-state index is 13.1. The minimum atomic E-state index is -4.51. The minimum Gasteiger partial charge on any atom is -0.288 e. The summed E-state index contributed by atoms with van der Waals surface area (Å²) in [5.74, 6) is 0. The van der Waals surface area contributed by atoms with E-state index in [0.717, 1.165) is 10.7 Å². The molecule has 2 aromatic rings. The molecule has 0 saturated heterocycles. The van der Waals surface area contributed by atoms with Crippen LogP contribution in [0.1, 0.15) is 31.9 Å². The normalized spacial score (nSPS) is 12.7. The van der Waals surface area contributed by atoms with Crippen LogP contribution in [0.5, 0.6) is 0 Å². The molecule has 0 atom stereocenters. The van der Waals surface area contributed by atoms with Gasteiger partial charge in [-0.25, -0.2) is 4.68 Å². The van der Waals surface area contributed by atoms with E-state index in [2.05, 4.69) is 0 Å². The van der Waals surface area contributed by atoms with Gasteiger partial charge in [0.05, 0.1) is 11.3 Å². The van der Waals surface area contributed by atoms with Crippen LogP contribution in [0.3, 0.4) is 0 Å². The third-order valence-corrected chi connectivity index (χ3v) is 3.30. The first-order valence-corrected chi connectivity index (χ1v) is 6.49. The van der Waals surface area contributed by atoms with Crippen LogP contribution in [0.25, 0.3) is 5.69 Å². The Morgan fingerprint density at radius 1 is 1.00 bits per heavy atom. The van der Waals surface area contributed by atoms with E-state index in [1.54, 1.807) is 13.2 Å². The van der Waals surface area contributed by atoms with Gasteiger partial charge in [0.1, 0.15) is 0 Å². The summed E-state index contributed by atoms with van der Waals surface area (Å²) in [6.07, 6.45) is -2.93. The van der Waals surface area contributed by atoms with Crippen molar-refractivity contribution in [1.82, 2.24) is 9.36 Å². The van der Waals surface area contributed by atoms with E-state index >= 15 is 0 Å². The van der Waals surface area contributed by atoms with Gasteiger partial charge in [-0.2, -0.15) is 13.2 Å². The molecule has 1 heterocycles. The standard InChI is InChI=1S/C15H17F3N2O/c1-14(2,3)11-9-19(4)20(13(11)21)12-8-6-5-7-10(12)15(16,17)18/h5-9H,1-4H3. The first kappa shape index (κ1) is 15.4. The van der Waals surface area contributed by atoms with Gasteiger partial charge >= 0.3 is 6.18 Å². The van der Waals surface area contributed by atoms with Crippen molar-refractivity contribution in [3.8, 4) is 5.69 Å². The highest BCUT2D eigenvalue weighted by Gasteiger charge is 2.35. The van der Waals surface area contributed by atoms with E-state index in [1.165, 1.54) is 22.9 Å². The Kier molecular flexibility index (Phi) is 3.51. The van der Waals surface area contributed by atoms with Crippen LogP contribution in [0.4, 0.5) is 13.2 Å². The summed E-state index contributed by atoms with van der Waals surface area (Å²) in [6, 6.07) is 5.08. The molecule has 0 saturated carbocycles. The molecule has 0 N–H and O–H groups in total. The largest absolute Gasteiger partial charge is 0.418 e. The van der Waals surface area contributed by atoms with Crippen molar-refractivity contribution in [3.05, 3.63) is 51.9 Å². The second-order valence-electron chi connectivity index (χ2n) is 6.00. The van der Waals surface area contributed by atoms with Crippen LogP contribution >= 0.6 is 0 Å². The number of halogens is 3. The zero-order valence-corrected chi connectivity index (χ0v) is 12.3. The van der Waals surface area contributed by atoms with Gasteiger partial charge in [0, 0.05) is 18.8 Å². The molecule has 21 heavy (non-hydrogen) atoms. The predicted octanol–water partition coefficient (Wildman–Crippen LogP) is 3.49. The molecule has 0 aliphatic rings. The Balaban J connectivity index is 2.76. The summed E-state index contributed by atoms with van der Waals surface area (Å²) < 4.78 is 41.8. The number of benzene rings is 1. The number of hydrogen-bond donors (Lipinski definition) is 0. The van der Waals surface area contributed by atoms with Gasteiger partial charge in [-0.05, 0) is 17.5 Å². The summed E-state index contributed by atoms with van der Waals surface area (Å²) in [5, 5.41) is 0. The van der Waals surface area contributed by atoms with E-state index in [-0.39, 0.29) is 5.69 Å². The van der Waals surface area contributed by atoms with Gasteiger partial charge < -0.3 is 0 Å². The Hall–Kier alpha value is -1.98. The Morgan fingerprint density at radius 3 is 2.05 bits per heavy atom. The van der Waals surface area contributed by atoms with Crippen molar-refractivity contribution in [1.29, 1.82) is 0 Å². The monoisotopic (exact) mass is 298 g/mol. The van der Waals surface area contributed by atoms with Gasteiger partial charge in [0.2, 0.25) is 0 Å². The number of aromatic nitrogens is 2. The molecule has 1 aromatic heterocycles. The van der Waals surface area contributed by atoms with Crippen molar-refractivity contribution in [2.75, 3.05) is 0 Å². The summed E-state index contributed by atoms with van der Waals surface area (Å²) in [5.41, 5.74) is -1.38. The van der Waals surface area contributed by atoms with Crippen LogP contribution in [0.2, 0.25) is 0 Å². The van der Waals surface area contributed by atoms with E-state index < -0.39 is 22.7 Å². The summed E-state index contributed by atoms with van der Waals surface area (Å²) >= 11 is 0. The summed E-state index contributed by atoms with van der Waals surface area (Å²) in [7, 11) is 1.56. The molecule has 0 unspecified atom stereocenters. The molecular weight excluding hydrogens is 281 g/mol. The predicted molar refractivity (Wildman–Crippen MR) is 74.7 cm³/mol. The van der Waals surface area contributed by atoms with E-state index in [0.29, 0.717) is 5.56 Å². The topological polar surface area (TPSA) is 26.9 Å². The third-order valence-electron chi connectivity index (χ3n) is 3.30. The molecule has 0 bridgehead atoms. The highest BCUT2D eigenvalue weighted by Crippen LogP contribution is 2.33. The fourth-order valence-corrected chi connectivity index (χ4v) is 2.25. The van der Waals surface area contributed by atoms with Crippen LogP contribution in [0.15, 0.2) is 35.3 Å². The highest BCUT2D eigenvalue weighted by atomic mass is 19.4. The molecule has 0 amide bonds. The van der Waals surface area contributed by atoms with E-state index in [4.69, 9.17) is 0 Å². The minimum absolute atomic E-state index is 0.159. The van der Waals surface area contributed by atoms with Crippen LogP contribution in [-0.2, 0) is 18.6 Å². The molecular formula is C15H17F3N2O. The van der Waals surface area contributed by atoms with Crippen LogP contribution < -0.4 is 5.56 Å². The van der Waals surface area contributed by atoms with Gasteiger partial charge in [-0.15, -0.1) is 0 Å². The molecule has 1 aromatic carbocycles. The Morgan fingerprint density at radius 2 is 1.57 bits per heavy atom. The lowest BCUT2D eigenvalue weighted by Crippen LogP contribution is -2.27. The molecule has 0 spiro atoms. The lowest BCUT2D eigenvalue weighted by molar-refractivity contribution is -0.137. The fraction of sp³-hybridized carbons (Fsp3) is 0.400. The molecule has 0 aliphatic carbocycles. The second-order valence-corrected chi connectivity index (χ2v) is 6.00. The zero-order valence-electron chi connectivity index (χ0n) is 12.3. The van der Waals surface area contributed by atoms with Crippen molar-refractivity contribution in [3.63, 3.8) is 0 Å². The maximum Gasteiger partial charge on any atom is 0.418 e. The number of para-hydroxylation sites is 1. The van der Waals surface area contributed by atoms with Crippen LogP contribution in [-0.4, -0.2) is 9.36 Å². The number of nitrogens with zero attached hydrogens (tertiary/aromatic N) is 2. The summed E-state index contributed by atoms with van der Waals surface area (Å²) in [4.78, 5) is 12.5. The van der Waals surface area contributed by atoms with Crippen molar-refractivity contribution in [2.45, 2.75) is 32.4 Å². The molecule has 2 rings (SSSR count). The van der Waals surface area contributed by atoms with E-state index in [1.807, 2.05) is 20.8 Å². The van der Waals surface area contributed by atoms with Crippen LogP contribution in [0, 0.1) is 0 Å². The van der Waals surface area contributed by atoms with Gasteiger partial charge in [-0.1, -0.05) is 32.9 Å². The Labute approximate surface area is 120 Å². The highest BCUT2D eigenvalue weighted by molar-refractivity contribution is 5.43. The lowest BCUT2D eigenvalue weighted by atomic mass is 9.89. The SMILES string of the molecule is Cn1cc(C(C)(C)C)c(=O)n1-c1ccccc1C(F)(F)F. The number of hydrogen-bond acceptors (Lipinski definition) is 1. The average Bonchev–Trinajstić information content (AvgIpc) is 2.63. The molecule has 3 nitrogen and oxygen atoms in total. The molecule has 114 valence electrons. The van der Waals surface area contributed by atoms with Gasteiger partial charge in [0.25, 0.3) is 5.56 Å². The van der Waals surface area contributed by atoms with E-state index in [9.17, 15) is 18.0 Å². The third kappa shape index (κ3) is 2.75. The van der Waals surface area contributed by atoms with Gasteiger partial charge in [0.15, 0.2) is 0 Å². The van der Waals surface area contributed by atoms with Crippen molar-refractivity contribution < 1.29 is 13.2 Å². The smallest absolute Gasteiger partial charge is 0.288 e. The number of aryl methyl sites for hydroxylation is 1. The molecule has 0 radical (unpaired) electrons. The average molecular weight is 298 g/mol. The fourth-order valence-electron chi connectivity index (χ4n) is 2.25. The lowest BCUT2D eigenvalue weighted by Gasteiger charge is -2.15. The number of alkyl halides is 3. The quantitative estimate of drug-likeness (QED) is 0.791. The second kappa shape index (κ2) is 4.79. The zero-order chi connectivity index (χ0) is 16.0. The maximum absolute atomic E-state index is 13.1. The summed E-state index contributed by atoms with van der Waals surface area (Å²) in [6.45, 7) is 5.55. The molecule has 0 fully saturated rings. The van der Waals surface area contributed by atoms with Crippen molar-refractivity contribution >= 4 is 0 Å². The first-order valence-electron chi connectivity index (χ1n) is 6.49. The first-order chi connectivity index (χ1) is 9.53. The molecule has 0 aliphatic heterocycles.